The van der Waals surface area contributed by atoms with Gasteiger partial charge in [0.1, 0.15) is 5.82 Å². The van der Waals surface area contributed by atoms with Crippen molar-refractivity contribution in [2.45, 2.75) is 16.7 Å². The zero-order valence-electron chi connectivity index (χ0n) is 12.8. The van der Waals surface area contributed by atoms with Crippen LogP contribution in [0, 0.1) is 5.82 Å². The van der Waals surface area contributed by atoms with Gasteiger partial charge in [-0.1, -0.05) is 15.9 Å². The first-order chi connectivity index (χ1) is 11.2. The Morgan fingerprint density at radius 2 is 1.88 bits per heavy atom. The van der Waals surface area contributed by atoms with E-state index < -0.39 is 15.8 Å². The lowest BCUT2D eigenvalue weighted by Gasteiger charge is -2.13. The molecule has 0 heterocycles. The first-order valence-electron chi connectivity index (χ1n) is 6.66. The lowest BCUT2D eigenvalue weighted by atomic mass is 10.3. The molecule has 24 heavy (non-hydrogen) atoms. The Morgan fingerprint density at radius 1 is 1.17 bits per heavy atom. The second-order valence-corrected chi connectivity index (χ2v) is 8.22. The molecule has 5 nitrogen and oxygen atoms in total. The summed E-state index contributed by atoms with van der Waals surface area (Å²) in [4.78, 5) is 11.9. The maximum Gasteiger partial charge on any atom is 0.262 e. The fraction of sp³-hybridized carbons (Fsp3) is 0.133. The minimum absolute atomic E-state index is 0.0774. The molecule has 2 aromatic rings. The molecular weight excluding hydrogens is 419 g/mol. The molecule has 1 amide bonds. The lowest BCUT2D eigenvalue weighted by molar-refractivity contribution is -0.114. The van der Waals surface area contributed by atoms with Gasteiger partial charge in [-0.3, -0.25) is 9.52 Å². The molecule has 128 valence electrons. The average molecular weight is 433 g/mol. The summed E-state index contributed by atoms with van der Waals surface area (Å²) in [5, 5.41) is 2.59. The summed E-state index contributed by atoms with van der Waals surface area (Å²) in [6.45, 7) is 1.33. The van der Waals surface area contributed by atoms with Crippen LogP contribution in [0.4, 0.5) is 15.8 Å². The predicted octanol–water partition coefficient (Wildman–Crippen LogP) is 4.07. The van der Waals surface area contributed by atoms with Crippen LogP contribution < -0.4 is 10.0 Å². The zero-order valence-corrected chi connectivity index (χ0v) is 16.0. The summed E-state index contributed by atoms with van der Waals surface area (Å²) in [6.07, 6.45) is 1.81. The number of anilines is 2. The molecule has 0 atom stereocenters. The highest BCUT2D eigenvalue weighted by atomic mass is 79.9. The predicted molar refractivity (Wildman–Crippen MR) is 97.4 cm³/mol. The van der Waals surface area contributed by atoms with Crippen molar-refractivity contribution >= 4 is 55.0 Å². The van der Waals surface area contributed by atoms with Gasteiger partial charge in [-0.05, 0) is 42.7 Å². The highest BCUT2D eigenvalue weighted by Crippen LogP contribution is 2.29. The largest absolute Gasteiger partial charge is 0.325 e. The Kier molecular flexibility index (Phi) is 5.89. The summed E-state index contributed by atoms with van der Waals surface area (Å²) >= 11 is 4.48. The van der Waals surface area contributed by atoms with E-state index in [0.717, 1.165) is 11.0 Å². The third-order valence-corrected chi connectivity index (χ3v) is 5.62. The van der Waals surface area contributed by atoms with Crippen LogP contribution in [0.2, 0.25) is 0 Å². The molecule has 0 saturated carbocycles. The molecule has 0 aliphatic carbocycles. The fourth-order valence-corrected chi connectivity index (χ4v) is 3.88. The molecular formula is C15H14BrFN2O3S2. The Bertz CT molecular complexity index is 888. The minimum Gasteiger partial charge on any atom is -0.325 e. The summed E-state index contributed by atoms with van der Waals surface area (Å²) in [6, 6.07) is 8.34. The van der Waals surface area contributed by atoms with Crippen LogP contribution >= 0.6 is 27.7 Å². The van der Waals surface area contributed by atoms with Gasteiger partial charge >= 0.3 is 0 Å². The summed E-state index contributed by atoms with van der Waals surface area (Å²) in [7, 11) is -4.00. The molecule has 0 spiro atoms. The van der Waals surface area contributed by atoms with Gasteiger partial charge in [-0.15, -0.1) is 11.8 Å². The van der Waals surface area contributed by atoms with Gasteiger partial charge in [-0.25, -0.2) is 12.8 Å². The number of hydrogen-bond donors (Lipinski definition) is 2. The van der Waals surface area contributed by atoms with Gasteiger partial charge in [0, 0.05) is 16.3 Å². The molecule has 2 aromatic carbocycles. The van der Waals surface area contributed by atoms with Gasteiger partial charge in [0.2, 0.25) is 5.91 Å². The Labute approximate surface area is 152 Å². The van der Waals surface area contributed by atoms with Crippen molar-refractivity contribution in [3.63, 3.8) is 0 Å². The van der Waals surface area contributed by atoms with Crippen LogP contribution in [0.25, 0.3) is 0 Å². The van der Waals surface area contributed by atoms with Crippen LogP contribution in [-0.2, 0) is 14.8 Å². The van der Waals surface area contributed by atoms with Crippen LogP contribution in [-0.4, -0.2) is 20.6 Å². The van der Waals surface area contributed by atoms with E-state index in [1.54, 1.807) is 6.07 Å². The second-order valence-electron chi connectivity index (χ2n) is 4.77. The first kappa shape index (κ1) is 18.8. The van der Waals surface area contributed by atoms with Gasteiger partial charge in [-0.2, -0.15) is 0 Å². The number of thioether (sulfide) groups is 1. The van der Waals surface area contributed by atoms with E-state index in [9.17, 15) is 17.6 Å². The van der Waals surface area contributed by atoms with Gasteiger partial charge in [0.25, 0.3) is 10.0 Å². The molecule has 0 fully saturated rings. The molecule has 0 aliphatic rings. The number of benzene rings is 2. The monoisotopic (exact) mass is 432 g/mol. The third-order valence-electron chi connectivity index (χ3n) is 2.97. The molecule has 0 bridgehead atoms. The number of sulfonamides is 1. The zero-order chi connectivity index (χ0) is 17.9. The van der Waals surface area contributed by atoms with Crippen molar-refractivity contribution in [2.75, 3.05) is 16.3 Å². The van der Waals surface area contributed by atoms with E-state index in [0.29, 0.717) is 10.2 Å². The second kappa shape index (κ2) is 7.54. The van der Waals surface area contributed by atoms with Crippen molar-refractivity contribution < 1.29 is 17.6 Å². The standard InChI is InChI=1S/C15H14BrFN2O3S2/c1-9(20)18-14-8-11(4-6-15(14)23-2)24(21,22)19-13-5-3-10(16)7-12(13)17/h3-8,19H,1-2H3,(H,18,20). The summed E-state index contributed by atoms with van der Waals surface area (Å²) in [5.74, 6) is -1.01. The fourth-order valence-electron chi connectivity index (χ4n) is 1.92. The number of carbonyl (C=O) groups excluding carboxylic acids is 1. The van der Waals surface area contributed by atoms with Crippen LogP contribution in [0.1, 0.15) is 6.92 Å². The molecule has 0 aromatic heterocycles. The third kappa shape index (κ3) is 4.49. The average Bonchev–Trinajstić information content (AvgIpc) is 2.49. The van der Waals surface area contributed by atoms with E-state index in [2.05, 4.69) is 26.0 Å². The number of rotatable bonds is 5. The molecule has 2 N–H and O–H groups in total. The van der Waals surface area contributed by atoms with E-state index in [1.165, 1.54) is 43.0 Å². The number of carbonyl (C=O) groups is 1. The number of nitrogens with one attached hydrogen (secondary N) is 2. The molecule has 0 unspecified atom stereocenters. The van der Waals surface area contributed by atoms with E-state index in [1.807, 2.05) is 6.26 Å². The summed E-state index contributed by atoms with van der Waals surface area (Å²) in [5.41, 5.74) is 0.224. The van der Waals surface area contributed by atoms with Crippen molar-refractivity contribution in [1.82, 2.24) is 0 Å². The summed E-state index contributed by atoms with van der Waals surface area (Å²) < 4.78 is 41.5. The minimum atomic E-state index is -4.00. The van der Waals surface area contributed by atoms with Gasteiger partial charge in [0.15, 0.2) is 0 Å². The van der Waals surface area contributed by atoms with Crippen LogP contribution in [0.15, 0.2) is 50.7 Å². The molecule has 0 saturated heterocycles. The van der Waals surface area contributed by atoms with Crippen molar-refractivity contribution in [2.24, 2.45) is 0 Å². The van der Waals surface area contributed by atoms with Gasteiger partial charge < -0.3 is 5.32 Å². The van der Waals surface area contributed by atoms with Crippen molar-refractivity contribution in [3.8, 4) is 0 Å². The van der Waals surface area contributed by atoms with E-state index >= 15 is 0 Å². The molecule has 9 heteroatoms. The number of hydrogen-bond acceptors (Lipinski definition) is 4. The smallest absolute Gasteiger partial charge is 0.262 e. The quantitative estimate of drug-likeness (QED) is 0.698. The van der Waals surface area contributed by atoms with E-state index in [-0.39, 0.29) is 16.5 Å². The molecule has 0 aliphatic heterocycles. The number of halogens is 2. The first-order valence-corrected chi connectivity index (χ1v) is 10.2. The van der Waals surface area contributed by atoms with Crippen LogP contribution in [0.5, 0.6) is 0 Å². The van der Waals surface area contributed by atoms with Gasteiger partial charge in [0.05, 0.1) is 16.3 Å². The lowest BCUT2D eigenvalue weighted by Crippen LogP contribution is -2.15. The van der Waals surface area contributed by atoms with Crippen LogP contribution in [0.3, 0.4) is 0 Å². The maximum absolute atomic E-state index is 13.8. The Morgan fingerprint density at radius 3 is 2.46 bits per heavy atom. The Hall–Kier alpha value is -1.58. The number of amides is 1. The normalized spacial score (nSPS) is 11.2. The molecule has 2 rings (SSSR count). The molecule has 0 radical (unpaired) electrons. The maximum atomic E-state index is 13.8. The van der Waals surface area contributed by atoms with Crippen molar-refractivity contribution in [1.29, 1.82) is 0 Å². The highest BCUT2D eigenvalue weighted by molar-refractivity contribution is 9.10. The topological polar surface area (TPSA) is 75.3 Å². The SMILES string of the molecule is CSc1ccc(S(=O)(=O)Nc2ccc(Br)cc2F)cc1NC(C)=O. The van der Waals surface area contributed by atoms with E-state index in [4.69, 9.17) is 0 Å². The van der Waals surface area contributed by atoms with Crippen molar-refractivity contribution in [3.05, 3.63) is 46.7 Å². The highest BCUT2D eigenvalue weighted by Gasteiger charge is 2.18. The Balaban J connectivity index is 2.40.